The summed E-state index contributed by atoms with van der Waals surface area (Å²) >= 11 is 0. The Bertz CT molecular complexity index is 980. The molecule has 3 heterocycles. The largest absolute Gasteiger partial charge is 0.422 e. The van der Waals surface area contributed by atoms with E-state index in [1.165, 1.54) is 0 Å². The number of hydrogen-bond acceptors (Lipinski definition) is 6. The Labute approximate surface area is 164 Å². The molecule has 0 N–H and O–H groups in total. The summed E-state index contributed by atoms with van der Waals surface area (Å²) in [5, 5.41) is 0. The fourth-order valence-electron chi connectivity index (χ4n) is 3.43. The van der Waals surface area contributed by atoms with Gasteiger partial charge in [0.1, 0.15) is 0 Å². The first-order valence-electron chi connectivity index (χ1n) is 9.57. The number of aryl methyl sites for hydroxylation is 1. The lowest BCUT2D eigenvalue weighted by Gasteiger charge is -2.21. The molecule has 28 heavy (non-hydrogen) atoms. The van der Waals surface area contributed by atoms with Crippen LogP contribution in [0.2, 0.25) is 0 Å². The number of pyridine rings is 1. The molecule has 1 fully saturated rings. The molecule has 3 aromatic rings. The first-order valence-corrected chi connectivity index (χ1v) is 9.57. The van der Waals surface area contributed by atoms with Crippen LogP contribution in [-0.4, -0.2) is 61.0 Å². The molecule has 1 aliphatic rings. The number of carbonyl (C=O) groups is 1. The third-order valence-electron chi connectivity index (χ3n) is 5.07. The standard InChI is InChI=1S/C21H25N5O2/c1-15-5-10-18-19(22-15)23-21(28-18)26-12-4-11-25(13-14-26)20(27)16-6-8-17(9-7-16)24(2)3/h5-10H,4,11-14H2,1-3H3. The van der Waals surface area contributed by atoms with E-state index in [2.05, 4.69) is 14.9 Å². The van der Waals surface area contributed by atoms with Crippen molar-refractivity contribution in [3.05, 3.63) is 47.7 Å². The number of aromatic nitrogens is 2. The maximum absolute atomic E-state index is 12.9. The van der Waals surface area contributed by atoms with E-state index in [-0.39, 0.29) is 5.91 Å². The molecule has 0 bridgehead atoms. The van der Waals surface area contributed by atoms with Gasteiger partial charge in [-0.25, -0.2) is 4.98 Å². The smallest absolute Gasteiger partial charge is 0.300 e. The molecule has 7 heteroatoms. The number of fused-ring (bicyclic) bond motifs is 1. The molecular formula is C21H25N5O2. The summed E-state index contributed by atoms with van der Waals surface area (Å²) in [5.41, 5.74) is 4.05. The second kappa shape index (κ2) is 7.50. The summed E-state index contributed by atoms with van der Waals surface area (Å²) in [4.78, 5) is 27.9. The van der Waals surface area contributed by atoms with Gasteiger partial charge in [-0.15, -0.1) is 0 Å². The van der Waals surface area contributed by atoms with Gasteiger partial charge >= 0.3 is 0 Å². The number of benzene rings is 1. The third kappa shape index (κ3) is 3.65. The average Bonchev–Trinajstić information content (AvgIpc) is 2.95. The lowest BCUT2D eigenvalue weighted by molar-refractivity contribution is 0.0767. The van der Waals surface area contributed by atoms with Crippen molar-refractivity contribution in [3.63, 3.8) is 0 Å². The van der Waals surface area contributed by atoms with Crippen molar-refractivity contribution in [2.24, 2.45) is 0 Å². The van der Waals surface area contributed by atoms with E-state index in [4.69, 9.17) is 4.42 Å². The Balaban J connectivity index is 1.46. The molecule has 7 nitrogen and oxygen atoms in total. The van der Waals surface area contributed by atoms with Crippen LogP contribution in [0.15, 0.2) is 40.8 Å². The van der Waals surface area contributed by atoms with Gasteiger partial charge in [0, 0.05) is 57.2 Å². The Morgan fingerprint density at radius 2 is 1.79 bits per heavy atom. The highest BCUT2D eigenvalue weighted by Gasteiger charge is 2.23. The zero-order chi connectivity index (χ0) is 19.7. The number of amides is 1. The maximum Gasteiger partial charge on any atom is 0.300 e. The summed E-state index contributed by atoms with van der Waals surface area (Å²) in [6.07, 6.45) is 0.868. The number of nitrogens with zero attached hydrogens (tertiary/aromatic N) is 5. The second-order valence-corrected chi connectivity index (χ2v) is 7.34. The summed E-state index contributed by atoms with van der Waals surface area (Å²) < 4.78 is 5.88. The van der Waals surface area contributed by atoms with Gasteiger partial charge in [0.15, 0.2) is 5.58 Å². The fraction of sp³-hybridized carbons (Fsp3) is 0.381. The van der Waals surface area contributed by atoms with Gasteiger partial charge in [-0.05, 0) is 49.7 Å². The zero-order valence-corrected chi connectivity index (χ0v) is 16.6. The zero-order valence-electron chi connectivity index (χ0n) is 16.6. The van der Waals surface area contributed by atoms with E-state index in [1.807, 2.05) is 67.2 Å². The normalized spacial score (nSPS) is 15.0. The van der Waals surface area contributed by atoms with Gasteiger partial charge < -0.3 is 19.1 Å². The summed E-state index contributed by atoms with van der Waals surface area (Å²) in [7, 11) is 3.98. The summed E-state index contributed by atoms with van der Waals surface area (Å²) in [6, 6.07) is 12.2. The number of rotatable bonds is 3. The minimum absolute atomic E-state index is 0.0713. The Kier molecular flexibility index (Phi) is 4.90. The highest BCUT2D eigenvalue weighted by Crippen LogP contribution is 2.22. The van der Waals surface area contributed by atoms with Crippen molar-refractivity contribution < 1.29 is 9.21 Å². The third-order valence-corrected chi connectivity index (χ3v) is 5.07. The number of anilines is 2. The topological polar surface area (TPSA) is 65.7 Å². The fourth-order valence-corrected chi connectivity index (χ4v) is 3.43. The predicted octanol–water partition coefficient (Wildman–Crippen LogP) is 2.95. The van der Waals surface area contributed by atoms with E-state index in [0.717, 1.165) is 36.5 Å². The van der Waals surface area contributed by atoms with Gasteiger partial charge in [0.25, 0.3) is 11.9 Å². The monoisotopic (exact) mass is 379 g/mol. The van der Waals surface area contributed by atoms with E-state index in [0.29, 0.717) is 30.3 Å². The van der Waals surface area contributed by atoms with E-state index in [9.17, 15) is 4.79 Å². The van der Waals surface area contributed by atoms with Crippen LogP contribution in [-0.2, 0) is 0 Å². The lowest BCUT2D eigenvalue weighted by atomic mass is 10.1. The molecule has 4 rings (SSSR count). The average molecular weight is 379 g/mol. The van der Waals surface area contributed by atoms with Gasteiger partial charge in [-0.3, -0.25) is 4.79 Å². The molecule has 0 atom stereocenters. The van der Waals surface area contributed by atoms with Crippen LogP contribution in [0.1, 0.15) is 22.5 Å². The van der Waals surface area contributed by atoms with Crippen LogP contribution < -0.4 is 9.80 Å². The van der Waals surface area contributed by atoms with Gasteiger partial charge in [0.05, 0.1) is 0 Å². The molecule has 1 saturated heterocycles. The van der Waals surface area contributed by atoms with E-state index < -0.39 is 0 Å². The van der Waals surface area contributed by atoms with Crippen molar-refractivity contribution in [1.29, 1.82) is 0 Å². The van der Waals surface area contributed by atoms with Crippen LogP contribution in [0.4, 0.5) is 11.7 Å². The molecular weight excluding hydrogens is 354 g/mol. The van der Waals surface area contributed by atoms with Crippen LogP contribution in [0.25, 0.3) is 11.2 Å². The number of oxazole rings is 1. The van der Waals surface area contributed by atoms with Crippen molar-refractivity contribution in [1.82, 2.24) is 14.9 Å². The quantitative estimate of drug-likeness (QED) is 0.697. The first kappa shape index (κ1) is 18.3. The van der Waals surface area contributed by atoms with Gasteiger partial charge in [-0.1, -0.05) is 0 Å². The van der Waals surface area contributed by atoms with Crippen LogP contribution >= 0.6 is 0 Å². The second-order valence-electron chi connectivity index (χ2n) is 7.34. The Morgan fingerprint density at radius 3 is 2.54 bits per heavy atom. The number of carbonyl (C=O) groups excluding carboxylic acids is 1. The molecule has 0 spiro atoms. The van der Waals surface area contributed by atoms with Crippen molar-refractivity contribution in [2.45, 2.75) is 13.3 Å². The highest BCUT2D eigenvalue weighted by molar-refractivity contribution is 5.94. The first-order chi connectivity index (χ1) is 13.5. The van der Waals surface area contributed by atoms with Crippen molar-refractivity contribution in [3.8, 4) is 0 Å². The molecule has 0 aliphatic carbocycles. The van der Waals surface area contributed by atoms with Crippen molar-refractivity contribution in [2.75, 3.05) is 50.1 Å². The molecule has 1 amide bonds. The highest BCUT2D eigenvalue weighted by atomic mass is 16.4. The Morgan fingerprint density at radius 1 is 1.00 bits per heavy atom. The van der Waals surface area contributed by atoms with Crippen molar-refractivity contribution >= 4 is 28.8 Å². The lowest BCUT2D eigenvalue weighted by Crippen LogP contribution is -2.35. The van der Waals surface area contributed by atoms with Gasteiger partial charge in [0.2, 0.25) is 5.65 Å². The molecule has 0 saturated carbocycles. The molecule has 2 aromatic heterocycles. The van der Waals surface area contributed by atoms with E-state index >= 15 is 0 Å². The van der Waals surface area contributed by atoms with Crippen LogP contribution in [0.3, 0.4) is 0 Å². The Hall–Kier alpha value is -3.09. The molecule has 1 aromatic carbocycles. The number of hydrogen-bond donors (Lipinski definition) is 0. The molecule has 0 radical (unpaired) electrons. The summed E-state index contributed by atoms with van der Waals surface area (Å²) in [6.45, 7) is 4.79. The predicted molar refractivity (Wildman–Crippen MR) is 110 cm³/mol. The molecule has 1 aliphatic heterocycles. The minimum atomic E-state index is 0.0713. The van der Waals surface area contributed by atoms with Crippen LogP contribution in [0, 0.1) is 6.92 Å². The molecule has 0 unspecified atom stereocenters. The minimum Gasteiger partial charge on any atom is -0.422 e. The van der Waals surface area contributed by atoms with E-state index in [1.54, 1.807) is 0 Å². The van der Waals surface area contributed by atoms with Gasteiger partial charge in [-0.2, -0.15) is 4.98 Å². The molecule has 146 valence electrons. The van der Waals surface area contributed by atoms with Crippen LogP contribution in [0.5, 0.6) is 0 Å². The summed E-state index contributed by atoms with van der Waals surface area (Å²) in [5.74, 6) is 0.0713. The SMILES string of the molecule is Cc1ccc2oc(N3CCCN(C(=O)c4ccc(N(C)C)cc4)CC3)nc2n1. The maximum atomic E-state index is 12.9.